The van der Waals surface area contributed by atoms with E-state index in [1.807, 2.05) is 22.9 Å². The quantitative estimate of drug-likeness (QED) is 0.823. The average molecular weight is 296 g/mol. The number of ether oxygens (including phenoxy) is 1. The highest BCUT2D eigenvalue weighted by Gasteiger charge is 2.20. The van der Waals surface area contributed by atoms with E-state index >= 15 is 0 Å². The maximum atomic E-state index is 5.79. The Kier molecular flexibility index (Phi) is 2.80. The van der Waals surface area contributed by atoms with Gasteiger partial charge in [-0.05, 0) is 53.4 Å². The van der Waals surface area contributed by atoms with Gasteiger partial charge in [-0.25, -0.2) is 4.68 Å². The second-order valence-corrected chi connectivity index (χ2v) is 5.08. The highest BCUT2D eigenvalue weighted by molar-refractivity contribution is 9.10. The zero-order valence-corrected chi connectivity index (χ0v) is 11.0. The fourth-order valence-corrected chi connectivity index (χ4v) is 2.75. The number of aromatic nitrogens is 2. The first-order valence-electron chi connectivity index (χ1n) is 5.80. The number of benzene rings is 1. The van der Waals surface area contributed by atoms with E-state index in [1.54, 1.807) is 0 Å². The maximum Gasteiger partial charge on any atom is 0.150 e. The fourth-order valence-electron chi connectivity index (χ4n) is 2.26. The van der Waals surface area contributed by atoms with Gasteiger partial charge in [-0.3, -0.25) is 0 Å². The number of nitrogens with zero attached hydrogens (tertiary/aromatic N) is 2. The molecule has 1 aromatic heterocycles. The van der Waals surface area contributed by atoms with E-state index in [1.165, 1.54) is 6.42 Å². The molecule has 0 spiro atoms. The third kappa shape index (κ3) is 1.93. The molecule has 17 heavy (non-hydrogen) atoms. The van der Waals surface area contributed by atoms with Crippen LogP contribution in [0.4, 0.5) is 5.69 Å². The summed E-state index contributed by atoms with van der Waals surface area (Å²) in [4.78, 5) is 0. The lowest BCUT2D eigenvalue weighted by atomic mass is 10.2. The van der Waals surface area contributed by atoms with Gasteiger partial charge in [0.1, 0.15) is 4.60 Å². The molecule has 4 nitrogen and oxygen atoms in total. The van der Waals surface area contributed by atoms with Crippen LogP contribution >= 0.6 is 15.9 Å². The predicted octanol–water partition coefficient (Wildman–Crippen LogP) is 3.08. The van der Waals surface area contributed by atoms with Crippen molar-refractivity contribution in [2.45, 2.75) is 25.5 Å². The number of fused-ring (bicyclic) bond motifs is 1. The van der Waals surface area contributed by atoms with Crippen LogP contribution < -0.4 is 5.73 Å². The molecule has 3 rings (SSSR count). The standard InChI is InChI=1S/C12H14BrN3O/c13-12-9-7-8(14)4-5-10(9)16(15-12)11-3-1-2-6-17-11/h4-5,7,11H,1-3,6,14H2/t11-/m0/s1. The van der Waals surface area contributed by atoms with E-state index in [-0.39, 0.29) is 6.23 Å². The Balaban J connectivity index is 2.10. The monoisotopic (exact) mass is 295 g/mol. The van der Waals surface area contributed by atoms with E-state index in [0.29, 0.717) is 0 Å². The van der Waals surface area contributed by atoms with Crippen LogP contribution in [0.2, 0.25) is 0 Å². The van der Waals surface area contributed by atoms with Gasteiger partial charge in [-0.1, -0.05) is 0 Å². The first kappa shape index (κ1) is 11.0. The van der Waals surface area contributed by atoms with Gasteiger partial charge < -0.3 is 10.5 Å². The Labute approximate surface area is 108 Å². The van der Waals surface area contributed by atoms with Crippen molar-refractivity contribution in [3.05, 3.63) is 22.8 Å². The van der Waals surface area contributed by atoms with Gasteiger partial charge in [0.2, 0.25) is 0 Å². The van der Waals surface area contributed by atoms with Crippen LogP contribution in [-0.4, -0.2) is 16.4 Å². The second-order valence-electron chi connectivity index (χ2n) is 4.33. The number of nitrogen functional groups attached to an aromatic ring is 1. The van der Waals surface area contributed by atoms with Crippen molar-refractivity contribution in [3.8, 4) is 0 Å². The average Bonchev–Trinajstić information content (AvgIpc) is 2.68. The first-order valence-corrected chi connectivity index (χ1v) is 6.60. The van der Waals surface area contributed by atoms with Gasteiger partial charge in [0.05, 0.1) is 5.52 Å². The van der Waals surface area contributed by atoms with Crippen molar-refractivity contribution in [1.82, 2.24) is 9.78 Å². The fraction of sp³-hybridized carbons (Fsp3) is 0.417. The van der Waals surface area contributed by atoms with E-state index < -0.39 is 0 Å². The molecule has 2 N–H and O–H groups in total. The Bertz CT molecular complexity index is 546. The highest BCUT2D eigenvalue weighted by atomic mass is 79.9. The summed E-state index contributed by atoms with van der Waals surface area (Å²) in [7, 11) is 0. The lowest BCUT2D eigenvalue weighted by Gasteiger charge is -2.23. The van der Waals surface area contributed by atoms with E-state index in [2.05, 4.69) is 21.0 Å². The topological polar surface area (TPSA) is 53.1 Å². The number of hydrogen-bond donors (Lipinski definition) is 1. The minimum atomic E-state index is 0.0566. The molecule has 1 aliphatic heterocycles. The van der Waals surface area contributed by atoms with E-state index in [9.17, 15) is 0 Å². The molecule has 1 saturated heterocycles. The van der Waals surface area contributed by atoms with Gasteiger partial charge in [0, 0.05) is 17.7 Å². The number of hydrogen-bond acceptors (Lipinski definition) is 3. The molecule has 2 heterocycles. The van der Waals surface area contributed by atoms with Crippen LogP contribution in [0.1, 0.15) is 25.5 Å². The molecule has 2 aromatic rings. The SMILES string of the molecule is Nc1ccc2c(c1)c(Br)nn2[C@@H]1CCCCO1. The summed E-state index contributed by atoms with van der Waals surface area (Å²) in [6.45, 7) is 0.818. The summed E-state index contributed by atoms with van der Waals surface area (Å²) in [5, 5.41) is 5.55. The van der Waals surface area contributed by atoms with Gasteiger partial charge in [0.15, 0.2) is 6.23 Å². The minimum absolute atomic E-state index is 0.0566. The summed E-state index contributed by atoms with van der Waals surface area (Å²) in [6.07, 6.45) is 3.41. The van der Waals surface area contributed by atoms with Gasteiger partial charge in [-0.15, -0.1) is 0 Å². The molecule has 0 amide bonds. The number of halogens is 1. The summed E-state index contributed by atoms with van der Waals surface area (Å²) in [5.41, 5.74) is 7.61. The lowest BCUT2D eigenvalue weighted by molar-refractivity contribution is -0.0368. The van der Waals surface area contributed by atoms with Crippen LogP contribution in [0.15, 0.2) is 22.8 Å². The third-order valence-corrected chi connectivity index (χ3v) is 3.70. The Morgan fingerprint density at radius 3 is 3.06 bits per heavy atom. The molecule has 0 aliphatic carbocycles. The van der Waals surface area contributed by atoms with Crippen molar-refractivity contribution < 1.29 is 4.74 Å². The molecule has 1 aromatic carbocycles. The molecule has 1 atom stereocenters. The second kappa shape index (κ2) is 4.31. The molecule has 0 saturated carbocycles. The van der Waals surface area contributed by atoms with Crippen LogP contribution in [0, 0.1) is 0 Å². The van der Waals surface area contributed by atoms with Crippen molar-refractivity contribution in [2.75, 3.05) is 12.3 Å². The maximum absolute atomic E-state index is 5.79. The molecule has 90 valence electrons. The molecular formula is C12H14BrN3O. The summed E-state index contributed by atoms with van der Waals surface area (Å²) < 4.78 is 8.55. The smallest absolute Gasteiger partial charge is 0.150 e. The largest absolute Gasteiger partial charge is 0.399 e. The van der Waals surface area contributed by atoms with Crippen molar-refractivity contribution in [3.63, 3.8) is 0 Å². The van der Waals surface area contributed by atoms with Crippen molar-refractivity contribution in [1.29, 1.82) is 0 Å². The van der Waals surface area contributed by atoms with E-state index in [4.69, 9.17) is 10.5 Å². The summed E-state index contributed by atoms with van der Waals surface area (Å²) >= 11 is 3.48. The van der Waals surface area contributed by atoms with Crippen LogP contribution in [0.25, 0.3) is 10.9 Å². The van der Waals surface area contributed by atoms with Crippen LogP contribution in [0.5, 0.6) is 0 Å². The normalized spacial score (nSPS) is 20.9. The Hall–Kier alpha value is -1.07. The highest BCUT2D eigenvalue weighted by Crippen LogP contribution is 2.31. The van der Waals surface area contributed by atoms with Gasteiger partial charge >= 0.3 is 0 Å². The van der Waals surface area contributed by atoms with E-state index in [0.717, 1.165) is 40.6 Å². The van der Waals surface area contributed by atoms with Crippen molar-refractivity contribution in [2.24, 2.45) is 0 Å². The molecule has 0 bridgehead atoms. The molecular weight excluding hydrogens is 282 g/mol. The van der Waals surface area contributed by atoms with Crippen LogP contribution in [0.3, 0.4) is 0 Å². The minimum Gasteiger partial charge on any atom is -0.399 e. The lowest BCUT2D eigenvalue weighted by Crippen LogP contribution is -2.19. The van der Waals surface area contributed by atoms with Crippen LogP contribution in [-0.2, 0) is 4.74 Å². The third-order valence-electron chi connectivity index (χ3n) is 3.11. The zero-order chi connectivity index (χ0) is 11.8. The molecule has 1 aliphatic rings. The van der Waals surface area contributed by atoms with Gasteiger partial charge in [-0.2, -0.15) is 5.10 Å². The number of rotatable bonds is 1. The number of anilines is 1. The molecule has 0 radical (unpaired) electrons. The zero-order valence-electron chi connectivity index (χ0n) is 9.40. The predicted molar refractivity (Wildman–Crippen MR) is 70.7 cm³/mol. The summed E-state index contributed by atoms with van der Waals surface area (Å²) in [5.74, 6) is 0. The van der Waals surface area contributed by atoms with Crippen molar-refractivity contribution >= 4 is 32.5 Å². The molecule has 0 unspecified atom stereocenters. The van der Waals surface area contributed by atoms with Gasteiger partial charge in [0.25, 0.3) is 0 Å². The summed E-state index contributed by atoms with van der Waals surface area (Å²) in [6, 6.07) is 5.84. The molecule has 5 heteroatoms. The first-order chi connectivity index (χ1) is 8.25. The molecule has 1 fully saturated rings. The Morgan fingerprint density at radius 2 is 2.29 bits per heavy atom. The Morgan fingerprint density at radius 1 is 1.41 bits per heavy atom. The number of nitrogens with two attached hydrogens (primary N) is 1.